The summed E-state index contributed by atoms with van der Waals surface area (Å²) in [4.78, 5) is 0. The SMILES string of the molecule is CCNC(c1cc(F)cc(Br)c1)c1ccc(OC)c(Br)c1. The van der Waals surface area contributed by atoms with E-state index in [1.54, 1.807) is 13.2 Å². The van der Waals surface area contributed by atoms with Gasteiger partial charge in [-0.15, -0.1) is 0 Å². The minimum absolute atomic E-state index is 0.0794. The van der Waals surface area contributed by atoms with Crippen LogP contribution in [-0.2, 0) is 0 Å². The fraction of sp³-hybridized carbons (Fsp3) is 0.250. The molecule has 2 nitrogen and oxygen atoms in total. The summed E-state index contributed by atoms with van der Waals surface area (Å²) < 4.78 is 20.5. The molecule has 0 aliphatic carbocycles. The van der Waals surface area contributed by atoms with Crippen LogP contribution in [0.25, 0.3) is 0 Å². The van der Waals surface area contributed by atoms with Crippen LogP contribution in [-0.4, -0.2) is 13.7 Å². The Bertz CT molecular complexity index is 613. The highest BCUT2D eigenvalue weighted by Gasteiger charge is 2.16. The summed E-state index contributed by atoms with van der Waals surface area (Å²) in [5.41, 5.74) is 1.92. The maximum Gasteiger partial charge on any atom is 0.133 e. The number of ether oxygens (including phenoxy) is 1. The van der Waals surface area contributed by atoms with Crippen molar-refractivity contribution < 1.29 is 9.13 Å². The predicted molar refractivity (Wildman–Crippen MR) is 90.3 cm³/mol. The van der Waals surface area contributed by atoms with E-state index in [4.69, 9.17) is 4.74 Å². The fourth-order valence-corrected chi connectivity index (χ4v) is 3.28. The standard InChI is InChI=1S/C16H16Br2FNO/c1-3-20-16(11-6-12(17)9-13(19)7-11)10-4-5-15(21-2)14(18)8-10/h4-9,16,20H,3H2,1-2H3. The van der Waals surface area contributed by atoms with E-state index in [-0.39, 0.29) is 11.9 Å². The highest BCUT2D eigenvalue weighted by molar-refractivity contribution is 9.10. The van der Waals surface area contributed by atoms with Crippen LogP contribution in [0.4, 0.5) is 4.39 Å². The van der Waals surface area contributed by atoms with Crippen LogP contribution in [0.1, 0.15) is 24.1 Å². The molecule has 0 aromatic heterocycles. The van der Waals surface area contributed by atoms with Crippen LogP contribution < -0.4 is 10.1 Å². The van der Waals surface area contributed by atoms with E-state index in [1.165, 1.54) is 6.07 Å². The summed E-state index contributed by atoms with van der Waals surface area (Å²) in [7, 11) is 1.63. The number of methoxy groups -OCH3 is 1. The first-order valence-electron chi connectivity index (χ1n) is 6.58. The van der Waals surface area contributed by atoms with E-state index in [1.807, 2.05) is 31.2 Å². The third-order valence-corrected chi connectivity index (χ3v) is 4.21. The Labute approximate surface area is 141 Å². The summed E-state index contributed by atoms with van der Waals surface area (Å²) in [6.07, 6.45) is 0. The van der Waals surface area contributed by atoms with Crippen molar-refractivity contribution in [3.05, 3.63) is 62.3 Å². The molecule has 0 spiro atoms. The van der Waals surface area contributed by atoms with Gasteiger partial charge in [-0.3, -0.25) is 0 Å². The minimum atomic E-state index is -0.255. The molecule has 112 valence electrons. The molecule has 0 fully saturated rings. The monoisotopic (exact) mass is 415 g/mol. The molecule has 1 atom stereocenters. The summed E-state index contributed by atoms with van der Waals surface area (Å²) in [6, 6.07) is 10.7. The first kappa shape index (κ1) is 16.5. The number of hydrogen-bond acceptors (Lipinski definition) is 2. The minimum Gasteiger partial charge on any atom is -0.496 e. The van der Waals surface area contributed by atoms with Gasteiger partial charge in [-0.25, -0.2) is 4.39 Å². The molecule has 0 radical (unpaired) electrons. The Morgan fingerprint density at radius 2 is 1.90 bits per heavy atom. The number of nitrogens with one attached hydrogen (secondary N) is 1. The van der Waals surface area contributed by atoms with Gasteiger partial charge in [-0.05, 0) is 63.9 Å². The van der Waals surface area contributed by atoms with E-state index < -0.39 is 0 Å². The van der Waals surface area contributed by atoms with Crippen molar-refractivity contribution >= 4 is 31.9 Å². The van der Waals surface area contributed by atoms with Gasteiger partial charge >= 0.3 is 0 Å². The summed E-state index contributed by atoms with van der Waals surface area (Å²) in [5, 5.41) is 3.39. The van der Waals surface area contributed by atoms with Gasteiger partial charge in [0.25, 0.3) is 0 Å². The van der Waals surface area contributed by atoms with Gasteiger partial charge in [0, 0.05) is 4.47 Å². The molecule has 5 heteroatoms. The smallest absolute Gasteiger partial charge is 0.133 e. The number of halogens is 3. The summed E-state index contributed by atoms with van der Waals surface area (Å²) >= 11 is 6.84. The molecule has 0 amide bonds. The van der Waals surface area contributed by atoms with E-state index in [0.29, 0.717) is 0 Å². The lowest BCUT2D eigenvalue weighted by molar-refractivity contribution is 0.411. The molecular weight excluding hydrogens is 401 g/mol. The predicted octanol–water partition coefficient (Wildman–Crippen LogP) is 5.06. The zero-order chi connectivity index (χ0) is 15.4. The molecule has 1 unspecified atom stereocenters. The van der Waals surface area contributed by atoms with Gasteiger partial charge in [0.15, 0.2) is 0 Å². The Kier molecular flexibility index (Phi) is 5.79. The molecule has 21 heavy (non-hydrogen) atoms. The summed E-state index contributed by atoms with van der Waals surface area (Å²) in [5.74, 6) is 0.518. The lowest BCUT2D eigenvalue weighted by atomic mass is 9.98. The molecule has 0 aliphatic heterocycles. The average molecular weight is 417 g/mol. The van der Waals surface area contributed by atoms with Crippen molar-refractivity contribution in [2.45, 2.75) is 13.0 Å². The van der Waals surface area contributed by atoms with Crippen LogP contribution >= 0.6 is 31.9 Å². The zero-order valence-electron chi connectivity index (χ0n) is 11.8. The van der Waals surface area contributed by atoms with Gasteiger partial charge in [0.1, 0.15) is 11.6 Å². The van der Waals surface area contributed by atoms with Crippen molar-refractivity contribution in [2.24, 2.45) is 0 Å². The van der Waals surface area contributed by atoms with Crippen molar-refractivity contribution in [3.63, 3.8) is 0 Å². The molecular formula is C16H16Br2FNO. The third kappa shape index (κ3) is 4.05. The van der Waals surface area contributed by atoms with Crippen LogP contribution in [0.5, 0.6) is 5.75 Å². The largest absolute Gasteiger partial charge is 0.496 e. The molecule has 0 saturated heterocycles. The molecule has 2 aromatic rings. The zero-order valence-corrected chi connectivity index (χ0v) is 15.0. The van der Waals surface area contributed by atoms with Gasteiger partial charge < -0.3 is 10.1 Å². The maximum absolute atomic E-state index is 13.7. The quantitative estimate of drug-likeness (QED) is 0.735. The van der Waals surface area contributed by atoms with E-state index >= 15 is 0 Å². The highest BCUT2D eigenvalue weighted by atomic mass is 79.9. The van der Waals surface area contributed by atoms with E-state index in [0.717, 1.165) is 32.4 Å². The lowest BCUT2D eigenvalue weighted by Crippen LogP contribution is -2.22. The normalized spacial score (nSPS) is 12.2. The Morgan fingerprint density at radius 3 is 2.48 bits per heavy atom. The first-order valence-corrected chi connectivity index (χ1v) is 8.16. The molecule has 1 N–H and O–H groups in total. The molecule has 2 rings (SSSR count). The Hall–Kier alpha value is -0.910. The molecule has 0 heterocycles. The van der Waals surface area contributed by atoms with Crippen LogP contribution in [0, 0.1) is 5.82 Å². The van der Waals surface area contributed by atoms with Gasteiger partial charge in [-0.2, -0.15) is 0 Å². The van der Waals surface area contributed by atoms with Crippen LogP contribution in [0.3, 0.4) is 0 Å². The molecule has 0 saturated carbocycles. The molecule has 2 aromatic carbocycles. The molecule has 0 bridgehead atoms. The third-order valence-electron chi connectivity index (χ3n) is 3.14. The van der Waals surface area contributed by atoms with Crippen molar-refractivity contribution in [2.75, 3.05) is 13.7 Å². The average Bonchev–Trinajstić information content (AvgIpc) is 2.43. The number of hydrogen-bond donors (Lipinski definition) is 1. The number of rotatable bonds is 5. The van der Waals surface area contributed by atoms with Gasteiger partial charge in [0.05, 0.1) is 17.6 Å². The van der Waals surface area contributed by atoms with E-state index in [2.05, 4.69) is 37.2 Å². The second-order valence-corrected chi connectivity index (χ2v) is 6.36. The van der Waals surface area contributed by atoms with Crippen LogP contribution in [0.2, 0.25) is 0 Å². The highest BCUT2D eigenvalue weighted by Crippen LogP contribution is 2.31. The summed E-state index contributed by atoms with van der Waals surface area (Å²) in [6.45, 7) is 2.81. The second kappa shape index (κ2) is 7.38. The van der Waals surface area contributed by atoms with Crippen molar-refractivity contribution in [1.82, 2.24) is 5.32 Å². The topological polar surface area (TPSA) is 21.3 Å². The maximum atomic E-state index is 13.7. The van der Waals surface area contributed by atoms with Gasteiger partial charge in [0.2, 0.25) is 0 Å². The van der Waals surface area contributed by atoms with E-state index in [9.17, 15) is 4.39 Å². The molecule has 0 aliphatic rings. The van der Waals surface area contributed by atoms with Crippen molar-refractivity contribution in [1.29, 1.82) is 0 Å². The second-order valence-electron chi connectivity index (χ2n) is 4.59. The lowest BCUT2D eigenvalue weighted by Gasteiger charge is -2.20. The Morgan fingerprint density at radius 1 is 1.14 bits per heavy atom. The number of benzene rings is 2. The van der Waals surface area contributed by atoms with Crippen LogP contribution in [0.15, 0.2) is 45.3 Å². The Balaban J connectivity index is 2.45. The fourth-order valence-electron chi connectivity index (χ4n) is 2.24. The van der Waals surface area contributed by atoms with Crippen molar-refractivity contribution in [3.8, 4) is 5.75 Å². The first-order chi connectivity index (χ1) is 10.0. The van der Waals surface area contributed by atoms with Gasteiger partial charge in [-0.1, -0.05) is 28.9 Å².